The average Bonchev–Trinajstić information content (AvgIpc) is 3.09. The van der Waals surface area contributed by atoms with Gasteiger partial charge < -0.3 is 0 Å². The molecule has 0 amide bonds. The highest BCUT2D eigenvalue weighted by Crippen LogP contribution is 2.43. The predicted molar refractivity (Wildman–Crippen MR) is 205 cm³/mol. The number of para-hydroxylation sites is 1. The van der Waals surface area contributed by atoms with Gasteiger partial charge in [0.25, 0.3) is 0 Å². The van der Waals surface area contributed by atoms with Gasteiger partial charge in [0.05, 0.1) is 11.2 Å². The molecule has 0 fully saturated rings. The van der Waals surface area contributed by atoms with Crippen LogP contribution >= 0.6 is 0 Å². The summed E-state index contributed by atoms with van der Waals surface area (Å²) in [6.07, 6.45) is 0. The number of aromatic nitrogens is 1. The number of rotatable bonds is 4. The minimum Gasteiger partial charge on any atom is -0.247 e. The van der Waals surface area contributed by atoms with Crippen LogP contribution in [-0.2, 0) is 0 Å². The number of aryl methyl sites for hydroxylation is 4. The maximum Gasteiger partial charge on any atom is 0.242 e. The Labute approximate surface area is 275 Å². The van der Waals surface area contributed by atoms with Crippen molar-refractivity contribution in [3.63, 3.8) is 0 Å². The first-order chi connectivity index (χ1) is 23.0. The number of benzene rings is 8. The van der Waals surface area contributed by atoms with Gasteiger partial charge in [-0.05, 0) is 72.1 Å². The molecule has 2 heteroatoms. The summed E-state index contributed by atoms with van der Waals surface area (Å²) in [6.45, 7) is 9.13. The molecule has 8 aromatic carbocycles. The molecule has 1 nitrogen and oxygen atoms in total. The van der Waals surface area contributed by atoms with E-state index in [1.807, 2.05) is 0 Å². The Morgan fingerprint density at radius 3 is 1.72 bits per heavy atom. The topological polar surface area (TPSA) is 12.9 Å². The summed E-state index contributed by atoms with van der Waals surface area (Å²) in [5, 5.41) is 11.5. The molecule has 9 aromatic rings. The van der Waals surface area contributed by atoms with Gasteiger partial charge in [-0.3, -0.25) is 0 Å². The molecular formula is C45H34BN. The van der Waals surface area contributed by atoms with Gasteiger partial charge in [-0.1, -0.05) is 160 Å². The molecule has 47 heavy (non-hydrogen) atoms. The fourth-order valence-corrected chi connectivity index (χ4v) is 8.38. The summed E-state index contributed by atoms with van der Waals surface area (Å²) in [5.74, 6) is 0. The molecule has 0 aliphatic rings. The molecule has 0 bridgehead atoms. The first-order valence-electron chi connectivity index (χ1n) is 16.6. The summed E-state index contributed by atoms with van der Waals surface area (Å²) >= 11 is 0. The van der Waals surface area contributed by atoms with Crippen molar-refractivity contribution >= 4 is 77.1 Å². The van der Waals surface area contributed by atoms with Crippen LogP contribution in [0.25, 0.3) is 65.3 Å². The molecule has 1 aromatic heterocycles. The van der Waals surface area contributed by atoms with Crippen molar-refractivity contribution in [1.29, 1.82) is 0 Å². The molecular weight excluding hydrogens is 565 g/mol. The van der Waals surface area contributed by atoms with E-state index < -0.39 is 0 Å². The fourth-order valence-electron chi connectivity index (χ4n) is 8.38. The third kappa shape index (κ3) is 4.21. The Kier molecular flexibility index (Phi) is 6.24. The molecule has 0 saturated heterocycles. The highest BCUT2D eigenvalue weighted by Gasteiger charge is 2.28. The van der Waals surface area contributed by atoms with Crippen molar-refractivity contribution < 1.29 is 0 Å². The number of hydrogen-bond acceptors (Lipinski definition) is 1. The summed E-state index contributed by atoms with van der Waals surface area (Å²) in [7, 11) is 0. The van der Waals surface area contributed by atoms with E-state index >= 15 is 0 Å². The smallest absolute Gasteiger partial charge is 0.242 e. The zero-order valence-electron chi connectivity index (χ0n) is 27.2. The average molecular weight is 600 g/mol. The minimum absolute atomic E-state index is 0.110. The summed E-state index contributed by atoms with van der Waals surface area (Å²) in [6, 6.07) is 49.4. The molecule has 0 radical (unpaired) electrons. The normalized spacial score (nSPS) is 11.8. The number of pyridine rings is 1. The van der Waals surface area contributed by atoms with Crippen LogP contribution in [0.15, 0.2) is 133 Å². The minimum atomic E-state index is 0.110. The molecule has 0 aliphatic carbocycles. The second-order valence-electron chi connectivity index (χ2n) is 13.3. The zero-order chi connectivity index (χ0) is 31.8. The van der Waals surface area contributed by atoms with Gasteiger partial charge in [0.15, 0.2) is 0 Å². The maximum absolute atomic E-state index is 5.43. The van der Waals surface area contributed by atoms with E-state index in [0.717, 1.165) is 16.8 Å². The Morgan fingerprint density at radius 2 is 1.02 bits per heavy atom. The lowest BCUT2D eigenvalue weighted by molar-refractivity contribution is 1.40. The number of hydrogen-bond donors (Lipinski definition) is 0. The lowest BCUT2D eigenvalue weighted by Gasteiger charge is -2.24. The second-order valence-corrected chi connectivity index (χ2v) is 13.3. The molecule has 222 valence electrons. The maximum atomic E-state index is 5.43. The number of nitrogens with zero attached hydrogens (tertiary/aromatic N) is 1. The van der Waals surface area contributed by atoms with Gasteiger partial charge >= 0.3 is 0 Å². The van der Waals surface area contributed by atoms with Gasteiger partial charge in [-0.2, -0.15) is 0 Å². The molecule has 0 spiro atoms. The zero-order valence-corrected chi connectivity index (χ0v) is 27.2. The summed E-state index contributed by atoms with van der Waals surface area (Å²) in [5.41, 5.74) is 12.6. The first kappa shape index (κ1) is 27.8. The van der Waals surface area contributed by atoms with E-state index in [4.69, 9.17) is 4.98 Å². The fraction of sp³-hybridized carbons (Fsp3) is 0.0889. The molecule has 0 N–H and O–H groups in total. The third-order valence-electron chi connectivity index (χ3n) is 10.5. The Hall–Kier alpha value is -5.47. The highest BCUT2D eigenvalue weighted by molar-refractivity contribution is 6.96. The summed E-state index contributed by atoms with van der Waals surface area (Å²) in [4.78, 5) is 5.43. The van der Waals surface area contributed by atoms with E-state index in [1.165, 1.54) is 87.1 Å². The Morgan fingerprint density at radius 1 is 0.426 bits per heavy atom. The van der Waals surface area contributed by atoms with Gasteiger partial charge in [-0.25, -0.2) is 4.98 Å². The Bertz CT molecular complexity index is 2580. The lowest BCUT2D eigenvalue weighted by Crippen LogP contribution is -2.55. The first-order valence-corrected chi connectivity index (χ1v) is 16.6. The largest absolute Gasteiger partial charge is 0.247 e. The standard InChI is InChI=1S/C45H34BN/c1-27-11-7-12-28(2)43(27)46(44-29(3)13-8-14-30(44)4)35-18-10-17-34(25-35)45-38-26-33-22-21-31-15-9-16-32-23-24-37(41(33)40(31)32)42(38)36-19-5-6-20-39(36)47-45/h5-26H,1-4H3. The van der Waals surface area contributed by atoms with Crippen LogP contribution in [0.2, 0.25) is 0 Å². The predicted octanol–water partition coefficient (Wildman–Crippen LogP) is 9.70. The third-order valence-corrected chi connectivity index (χ3v) is 10.5. The van der Waals surface area contributed by atoms with Crippen LogP contribution in [0.5, 0.6) is 0 Å². The molecule has 0 saturated carbocycles. The van der Waals surface area contributed by atoms with E-state index in [9.17, 15) is 0 Å². The van der Waals surface area contributed by atoms with Gasteiger partial charge in [0.1, 0.15) is 0 Å². The monoisotopic (exact) mass is 599 g/mol. The van der Waals surface area contributed by atoms with E-state index in [2.05, 4.69) is 161 Å². The van der Waals surface area contributed by atoms with E-state index in [-0.39, 0.29) is 6.71 Å². The van der Waals surface area contributed by atoms with Crippen molar-refractivity contribution in [3.8, 4) is 11.3 Å². The molecule has 0 aliphatic heterocycles. The van der Waals surface area contributed by atoms with Crippen molar-refractivity contribution in [2.45, 2.75) is 27.7 Å². The molecule has 0 atom stereocenters. The van der Waals surface area contributed by atoms with Crippen molar-refractivity contribution in [2.24, 2.45) is 0 Å². The van der Waals surface area contributed by atoms with Crippen LogP contribution in [0.4, 0.5) is 0 Å². The van der Waals surface area contributed by atoms with Crippen LogP contribution in [0.1, 0.15) is 22.3 Å². The molecule has 9 rings (SSSR count). The summed E-state index contributed by atoms with van der Waals surface area (Å²) < 4.78 is 0. The van der Waals surface area contributed by atoms with Crippen LogP contribution in [-0.4, -0.2) is 11.7 Å². The highest BCUT2D eigenvalue weighted by atomic mass is 14.7. The van der Waals surface area contributed by atoms with E-state index in [1.54, 1.807) is 0 Å². The van der Waals surface area contributed by atoms with Crippen LogP contribution in [0, 0.1) is 27.7 Å². The van der Waals surface area contributed by atoms with Gasteiger partial charge in [-0.15, -0.1) is 0 Å². The van der Waals surface area contributed by atoms with Gasteiger partial charge in [0.2, 0.25) is 6.71 Å². The van der Waals surface area contributed by atoms with Crippen LogP contribution in [0.3, 0.4) is 0 Å². The van der Waals surface area contributed by atoms with Crippen molar-refractivity contribution in [3.05, 3.63) is 156 Å². The quantitative estimate of drug-likeness (QED) is 0.112. The molecule has 0 unspecified atom stereocenters. The SMILES string of the molecule is Cc1cccc(C)c1B(c1cccc(-c2nc3ccccc3c3c2cc2ccc4cccc5ccc3c2c45)c1)c1c(C)cccc1C. The van der Waals surface area contributed by atoms with Crippen molar-refractivity contribution in [2.75, 3.05) is 0 Å². The number of fused-ring (bicyclic) bond motifs is 4. The van der Waals surface area contributed by atoms with E-state index in [0.29, 0.717) is 0 Å². The van der Waals surface area contributed by atoms with Crippen LogP contribution < -0.4 is 16.4 Å². The molecule has 1 heterocycles. The van der Waals surface area contributed by atoms with Crippen molar-refractivity contribution in [1.82, 2.24) is 4.98 Å². The lowest BCUT2D eigenvalue weighted by atomic mass is 9.34. The van der Waals surface area contributed by atoms with Gasteiger partial charge in [0, 0.05) is 21.7 Å². The second kappa shape index (κ2) is 10.5. The Balaban J connectivity index is 1.37.